The highest BCUT2D eigenvalue weighted by atomic mass is 32.1. The summed E-state index contributed by atoms with van der Waals surface area (Å²) >= 11 is 7.75. The van der Waals surface area contributed by atoms with Gasteiger partial charge in [0.25, 0.3) is 0 Å². The van der Waals surface area contributed by atoms with Crippen LogP contribution in [0, 0.1) is 0 Å². The standard InChI is InChI=1S/C23H24S4/c1-3-5-7-17-9-11-19(25-17)21-13-15-23(27-21)22-14-12-20(26-22)18-10-8-16(24-18)6-4-2/h8-15H,3-7H2,1-2H3. The van der Waals surface area contributed by atoms with Gasteiger partial charge >= 0.3 is 0 Å². The van der Waals surface area contributed by atoms with Crippen molar-refractivity contribution in [1.82, 2.24) is 0 Å². The van der Waals surface area contributed by atoms with E-state index in [2.05, 4.69) is 62.4 Å². The summed E-state index contributed by atoms with van der Waals surface area (Å²) in [5.41, 5.74) is 0. The lowest BCUT2D eigenvalue weighted by Crippen LogP contribution is -1.76. The van der Waals surface area contributed by atoms with E-state index in [1.165, 1.54) is 71.1 Å². The molecule has 140 valence electrons. The Morgan fingerprint density at radius 1 is 0.481 bits per heavy atom. The Morgan fingerprint density at radius 3 is 1.33 bits per heavy atom. The summed E-state index contributed by atoms with van der Waals surface area (Å²) in [6.07, 6.45) is 6.18. The van der Waals surface area contributed by atoms with E-state index < -0.39 is 0 Å². The van der Waals surface area contributed by atoms with E-state index in [1.807, 2.05) is 45.3 Å². The van der Waals surface area contributed by atoms with Gasteiger partial charge in [-0.2, -0.15) is 0 Å². The molecule has 0 N–H and O–H groups in total. The Kier molecular flexibility index (Phi) is 6.28. The highest BCUT2D eigenvalue weighted by Gasteiger charge is 2.11. The zero-order chi connectivity index (χ0) is 18.6. The first-order valence-corrected chi connectivity index (χ1v) is 12.9. The van der Waals surface area contributed by atoms with Crippen molar-refractivity contribution in [2.24, 2.45) is 0 Å². The van der Waals surface area contributed by atoms with Gasteiger partial charge in [-0.3, -0.25) is 0 Å². The molecule has 27 heavy (non-hydrogen) atoms. The molecule has 0 aliphatic carbocycles. The van der Waals surface area contributed by atoms with Crippen molar-refractivity contribution in [3.63, 3.8) is 0 Å². The minimum Gasteiger partial charge on any atom is -0.139 e. The predicted octanol–water partition coefficient (Wildman–Crippen LogP) is 9.23. The van der Waals surface area contributed by atoms with Crippen LogP contribution in [0.5, 0.6) is 0 Å². The molecule has 0 nitrogen and oxygen atoms in total. The van der Waals surface area contributed by atoms with E-state index in [-0.39, 0.29) is 0 Å². The molecular formula is C23H24S4. The van der Waals surface area contributed by atoms with Crippen LogP contribution in [0.15, 0.2) is 48.5 Å². The van der Waals surface area contributed by atoms with Crippen LogP contribution in [0.25, 0.3) is 29.3 Å². The Labute approximate surface area is 178 Å². The zero-order valence-corrected chi connectivity index (χ0v) is 19.1. The maximum absolute atomic E-state index is 2.31. The third-order valence-corrected chi connectivity index (χ3v) is 9.58. The number of aryl methyl sites for hydroxylation is 2. The third-order valence-electron chi connectivity index (χ3n) is 4.54. The number of hydrogen-bond donors (Lipinski definition) is 0. The van der Waals surface area contributed by atoms with E-state index in [0.29, 0.717) is 0 Å². The van der Waals surface area contributed by atoms with Crippen molar-refractivity contribution < 1.29 is 0 Å². The Bertz CT molecular complexity index is 995. The molecule has 4 aromatic heterocycles. The van der Waals surface area contributed by atoms with Crippen LogP contribution in [-0.4, -0.2) is 0 Å². The summed E-state index contributed by atoms with van der Waals surface area (Å²) in [4.78, 5) is 11.4. The quantitative estimate of drug-likeness (QED) is 0.262. The average molecular weight is 429 g/mol. The molecule has 0 saturated heterocycles. The minimum atomic E-state index is 1.19. The number of thiophene rings is 4. The summed E-state index contributed by atoms with van der Waals surface area (Å²) in [6.45, 7) is 4.51. The van der Waals surface area contributed by atoms with Crippen LogP contribution >= 0.6 is 45.3 Å². The smallest absolute Gasteiger partial charge is 0.0449 e. The molecule has 0 atom stereocenters. The second-order valence-corrected chi connectivity index (χ2v) is 11.2. The molecule has 0 aliphatic rings. The summed E-state index contributed by atoms with van der Waals surface area (Å²) in [5.74, 6) is 0. The summed E-state index contributed by atoms with van der Waals surface area (Å²) < 4.78 is 0. The van der Waals surface area contributed by atoms with Crippen LogP contribution in [-0.2, 0) is 12.8 Å². The number of hydrogen-bond acceptors (Lipinski definition) is 4. The Morgan fingerprint density at radius 2 is 0.889 bits per heavy atom. The Hall–Kier alpha value is -1.20. The molecule has 4 aromatic rings. The van der Waals surface area contributed by atoms with Gasteiger partial charge in [0.1, 0.15) is 0 Å². The molecule has 0 aromatic carbocycles. The van der Waals surface area contributed by atoms with E-state index >= 15 is 0 Å². The van der Waals surface area contributed by atoms with Crippen molar-refractivity contribution in [3.05, 3.63) is 58.3 Å². The van der Waals surface area contributed by atoms with E-state index in [0.717, 1.165) is 0 Å². The fourth-order valence-electron chi connectivity index (χ4n) is 3.09. The second-order valence-electron chi connectivity index (χ2n) is 6.71. The second kappa shape index (κ2) is 8.87. The molecule has 0 radical (unpaired) electrons. The molecule has 4 heterocycles. The van der Waals surface area contributed by atoms with Crippen molar-refractivity contribution >= 4 is 45.3 Å². The summed E-state index contributed by atoms with van der Waals surface area (Å²) in [6, 6.07) is 18.3. The Balaban J connectivity index is 1.51. The van der Waals surface area contributed by atoms with Gasteiger partial charge in [0.05, 0.1) is 0 Å². The summed E-state index contributed by atoms with van der Waals surface area (Å²) in [5, 5.41) is 0. The lowest BCUT2D eigenvalue weighted by Gasteiger charge is -1.93. The van der Waals surface area contributed by atoms with Crippen LogP contribution in [0.2, 0.25) is 0 Å². The van der Waals surface area contributed by atoms with E-state index in [9.17, 15) is 0 Å². The molecule has 4 rings (SSSR count). The first kappa shape index (κ1) is 19.1. The zero-order valence-electron chi connectivity index (χ0n) is 15.8. The average Bonchev–Trinajstić information content (AvgIpc) is 3.45. The molecule has 0 amide bonds. The van der Waals surface area contributed by atoms with E-state index in [1.54, 1.807) is 0 Å². The van der Waals surface area contributed by atoms with E-state index in [4.69, 9.17) is 0 Å². The van der Waals surface area contributed by atoms with Gasteiger partial charge in [-0.1, -0.05) is 26.7 Å². The van der Waals surface area contributed by atoms with Crippen LogP contribution in [0.3, 0.4) is 0 Å². The van der Waals surface area contributed by atoms with Crippen LogP contribution < -0.4 is 0 Å². The first-order chi connectivity index (χ1) is 13.3. The highest BCUT2D eigenvalue weighted by molar-refractivity contribution is 7.28. The van der Waals surface area contributed by atoms with Gasteiger partial charge in [0.15, 0.2) is 0 Å². The van der Waals surface area contributed by atoms with Gasteiger partial charge < -0.3 is 0 Å². The maximum Gasteiger partial charge on any atom is 0.0449 e. The SMILES string of the molecule is CCCCc1ccc(-c2ccc(-c3ccc(-c4ccc(CCC)s4)s3)s2)s1. The molecule has 0 aliphatic heterocycles. The number of rotatable bonds is 8. The predicted molar refractivity (Wildman–Crippen MR) is 127 cm³/mol. The van der Waals surface area contributed by atoms with Gasteiger partial charge in [0.2, 0.25) is 0 Å². The van der Waals surface area contributed by atoms with Crippen molar-refractivity contribution in [1.29, 1.82) is 0 Å². The van der Waals surface area contributed by atoms with Gasteiger partial charge in [-0.15, -0.1) is 45.3 Å². The van der Waals surface area contributed by atoms with Crippen molar-refractivity contribution in [3.8, 4) is 29.3 Å². The van der Waals surface area contributed by atoms with Gasteiger partial charge in [0, 0.05) is 39.0 Å². The fourth-order valence-corrected chi connectivity index (χ4v) is 7.53. The maximum atomic E-state index is 2.31. The highest BCUT2D eigenvalue weighted by Crippen LogP contribution is 2.43. The third kappa shape index (κ3) is 4.45. The van der Waals surface area contributed by atoms with Crippen LogP contribution in [0.4, 0.5) is 0 Å². The fraction of sp³-hybridized carbons (Fsp3) is 0.304. The lowest BCUT2D eigenvalue weighted by molar-refractivity contribution is 0.804. The summed E-state index contributed by atoms with van der Waals surface area (Å²) in [7, 11) is 0. The molecule has 0 unspecified atom stereocenters. The monoisotopic (exact) mass is 428 g/mol. The van der Waals surface area contributed by atoms with Crippen molar-refractivity contribution in [2.75, 3.05) is 0 Å². The van der Waals surface area contributed by atoms with Gasteiger partial charge in [-0.05, 0) is 67.8 Å². The largest absolute Gasteiger partial charge is 0.139 e. The molecule has 0 fully saturated rings. The minimum absolute atomic E-state index is 1.19. The number of unbranched alkanes of at least 4 members (excludes halogenated alkanes) is 1. The molecule has 0 bridgehead atoms. The topological polar surface area (TPSA) is 0 Å². The first-order valence-electron chi connectivity index (χ1n) is 9.65. The van der Waals surface area contributed by atoms with Crippen LogP contribution in [0.1, 0.15) is 42.9 Å². The molecule has 0 saturated carbocycles. The molecular weight excluding hydrogens is 405 g/mol. The van der Waals surface area contributed by atoms with Crippen molar-refractivity contribution in [2.45, 2.75) is 46.0 Å². The lowest BCUT2D eigenvalue weighted by atomic mass is 10.2. The van der Waals surface area contributed by atoms with Gasteiger partial charge in [-0.25, -0.2) is 0 Å². The molecule has 0 spiro atoms. The normalized spacial score (nSPS) is 11.3. The molecule has 4 heteroatoms.